The van der Waals surface area contributed by atoms with Crippen LogP contribution < -0.4 is 20.4 Å². The lowest BCUT2D eigenvalue weighted by Crippen LogP contribution is -2.47. The van der Waals surface area contributed by atoms with Gasteiger partial charge in [0.1, 0.15) is 5.70 Å². The lowest BCUT2D eigenvalue weighted by atomic mass is 10.2. The number of nitrogens with zero attached hydrogens (tertiary/aromatic N) is 3. The molecule has 0 saturated carbocycles. The van der Waals surface area contributed by atoms with E-state index in [2.05, 4.69) is 5.32 Å². The predicted octanol–water partition coefficient (Wildman–Crippen LogP) is 1.67. The number of amides is 1. The first-order chi connectivity index (χ1) is 11.1. The number of hydrazine groups is 2. The molecule has 23 heavy (non-hydrogen) atoms. The summed E-state index contributed by atoms with van der Waals surface area (Å²) >= 11 is 5.84. The molecular weight excluding hydrogens is 320 g/mol. The van der Waals surface area contributed by atoms with Gasteiger partial charge in [0.05, 0.1) is 17.1 Å². The molecule has 1 amide bonds. The average Bonchev–Trinajstić information content (AvgIpc) is 2.81. The molecule has 0 atom stereocenters. The van der Waals surface area contributed by atoms with Crippen LogP contribution in [0.25, 0.3) is 0 Å². The van der Waals surface area contributed by atoms with Gasteiger partial charge in [-0.25, -0.2) is 10.0 Å². The Kier molecular flexibility index (Phi) is 2.95. The molecule has 116 valence electrons. The third-order valence-corrected chi connectivity index (χ3v) is 3.88. The van der Waals surface area contributed by atoms with Gasteiger partial charge in [0.2, 0.25) is 0 Å². The predicted molar refractivity (Wildman–Crippen MR) is 82.1 cm³/mol. The van der Waals surface area contributed by atoms with Gasteiger partial charge >= 0.3 is 0 Å². The molecule has 0 radical (unpaired) electrons. The van der Waals surface area contributed by atoms with E-state index < -0.39 is 11.8 Å². The molecule has 7 nitrogen and oxygen atoms in total. The highest BCUT2D eigenvalue weighted by atomic mass is 35.5. The summed E-state index contributed by atoms with van der Waals surface area (Å²) in [4.78, 5) is 12.2. The van der Waals surface area contributed by atoms with Gasteiger partial charge in [0, 0.05) is 16.2 Å². The van der Waals surface area contributed by atoms with Crippen molar-refractivity contribution in [2.45, 2.75) is 0 Å². The van der Waals surface area contributed by atoms with Gasteiger partial charge < -0.3 is 10.4 Å². The van der Waals surface area contributed by atoms with Crippen LogP contribution >= 0.6 is 11.6 Å². The Hall–Kier alpha value is -2.74. The van der Waals surface area contributed by atoms with E-state index in [-0.39, 0.29) is 5.70 Å². The smallest absolute Gasteiger partial charge is 0.274 e. The number of carbonyl (C=O) groups excluding carboxylic acids is 1. The zero-order chi connectivity index (χ0) is 16.1. The molecule has 0 spiro atoms. The van der Waals surface area contributed by atoms with Gasteiger partial charge in [-0.3, -0.25) is 10.0 Å². The number of benzene rings is 2. The fourth-order valence-corrected chi connectivity index (χ4v) is 2.74. The highest BCUT2D eigenvalue weighted by Crippen LogP contribution is 2.40. The summed E-state index contributed by atoms with van der Waals surface area (Å²) < 4.78 is 0. The largest absolute Gasteiger partial charge is 0.857 e. The van der Waals surface area contributed by atoms with Gasteiger partial charge in [-0.2, -0.15) is 0 Å². The monoisotopic (exact) mass is 329 g/mol. The molecule has 2 N–H and O–H groups in total. The highest BCUT2D eigenvalue weighted by Gasteiger charge is 2.41. The fourth-order valence-electron chi connectivity index (χ4n) is 2.61. The first kappa shape index (κ1) is 13.9. The van der Waals surface area contributed by atoms with Crippen LogP contribution in [0.1, 0.15) is 0 Å². The minimum Gasteiger partial charge on any atom is -0.857 e. The number of fused-ring (bicyclic) bond motifs is 3. The van der Waals surface area contributed by atoms with Crippen molar-refractivity contribution < 1.29 is 15.1 Å². The maximum absolute atomic E-state index is 12.6. The summed E-state index contributed by atoms with van der Waals surface area (Å²) in [5.41, 5.74) is 1.20. The van der Waals surface area contributed by atoms with Crippen molar-refractivity contribution in [3.8, 4) is 0 Å². The molecular formula is C15H10ClN4O3-. The van der Waals surface area contributed by atoms with Gasteiger partial charge in [-0.05, 0) is 36.4 Å². The fraction of sp³-hybridized carbons (Fsp3) is 0. The molecule has 0 aliphatic carbocycles. The maximum Gasteiger partial charge on any atom is 0.274 e. The second kappa shape index (κ2) is 4.88. The van der Waals surface area contributed by atoms with Crippen molar-refractivity contribution in [2.75, 3.05) is 15.3 Å². The lowest BCUT2D eigenvalue weighted by molar-refractivity contribution is -0.313. The maximum atomic E-state index is 12.6. The molecule has 8 heteroatoms. The minimum absolute atomic E-state index is 0.179. The number of anilines is 3. The van der Waals surface area contributed by atoms with Crippen LogP contribution in [0.3, 0.4) is 0 Å². The lowest BCUT2D eigenvalue weighted by Gasteiger charge is -2.35. The molecule has 2 aliphatic heterocycles. The molecule has 0 fully saturated rings. The Morgan fingerprint density at radius 1 is 1.04 bits per heavy atom. The van der Waals surface area contributed by atoms with Crippen molar-refractivity contribution in [3.63, 3.8) is 0 Å². The van der Waals surface area contributed by atoms with Crippen molar-refractivity contribution in [1.82, 2.24) is 5.28 Å². The van der Waals surface area contributed by atoms with Crippen molar-refractivity contribution in [2.24, 2.45) is 0 Å². The Morgan fingerprint density at radius 2 is 1.74 bits per heavy atom. The Labute approximate surface area is 136 Å². The number of hydrogen-bond acceptors (Lipinski definition) is 6. The SMILES string of the molecule is O=C1Nc2ccccc2N2C1=C([O-])N(c1ccc(Cl)cc1)N2O. The Bertz CT molecular complexity index is 837. The standard InChI is InChI=1S/C15H11ClN4O3/c16-9-5-7-10(8-6-9)18-15(22)13-14(21)17-11-3-1-2-4-12(11)19(13)20(18)23/h1-8,22-23H,(H,17,21)/p-1. The van der Waals surface area contributed by atoms with E-state index in [4.69, 9.17) is 11.6 Å². The van der Waals surface area contributed by atoms with Gasteiger partial charge in [0.15, 0.2) is 0 Å². The number of para-hydroxylation sites is 2. The second-order valence-electron chi connectivity index (χ2n) is 4.99. The van der Waals surface area contributed by atoms with Crippen LogP contribution in [-0.2, 0) is 4.79 Å². The van der Waals surface area contributed by atoms with Gasteiger partial charge in [-0.1, -0.05) is 23.7 Å². The molecule has 0 bridgehead atoms. The summed E-state index contributed by atoms with van der Waals surface area (Å²) in [5, 5.41) is 29.0. The summed E-state index contributed by atoms with van der Waals surface area (Å²) in [5.74, 6) is -1.22. The average molecular weight is 330 g/mol. The third kappa shape index (κ3) is 1.95. The van der Waals surface area contributed by atoms with Crippen molar-refractivity contribution in [1.29, 1.82) is 0 Å². The first-order valence-corrected chi connectivity index (χ1v) is 7.12. The van der Waals surface area contributed by atoms with E-state index in [1.165, 1.54) is 5.01 Å². The van der Waals surface area contributed by atoms with E-state index in [1.54, 1.807) is 48.5 Å². The van der Waals surface area contributed by atoms with Crippen LogP contribution in [0.2, 0.25) is 5.02 Å². The van der Waals surface area contributed by atoms with Crippen LogP contribution in [0, 0.1) is 0 Å². The normalized spacial score (nSPS) is 17.2. The quantitative estimate of drug-likeness (QED) is 0.828. The molecule has 0 unspecified atom stereocenters. The van der Waals surface area contributed by atoms with Gasteiger partial charge in [0.25, 0.3) is 5.91 Å². The number of carbonyl (C=O) groups is 1. The second-order valence-corrected chi connectivity index (χ2v) is 5.43. The van der Waals surface area contributed by atoms with E-state index in [0.717, 1.165) is 5.01 Å². The first-order valence-electron chi connectivity index (χ1n) is 6.74. The number of nitrogens with one attached hydrogen (secondary N) is 1. The molecule has 2 heterocycles. The molecule has 2 aliphatic rings. The number of hydrogen-bond donors (Lipinski definition) is 2. The van der Waals surface area contributed by atoms with Gasteiger partial charge in [-0.15, -0.1) is 0 Å². The molecule has 2 aromatic carbocycles. The van der Waals surface area contributed by atoms with Crippen LogP contribution in [-0.4, -0.2) is 16.4 Å². The topological polar surface area (TPSA) is 82.1 Å². The number of halogens is 1. The van der Waals surface area contributed by atoms with E-state index in [1.807, 2.05) is 0 Å². The van der Waals surface area contributed by atoms with E-state index in [9.17, 15) is 15.1 Å². The minimum atomic E-state index is -0.637. The Morgan fingerprint density at radius 3 is 2.48 bits per heavy atom. The zero-order valence-electron chi connectivity index (χ0n) is 11.6. The molecule has 0 saturated heterocycles. The highest BCUT2D eigenvalue weighted by molar-refractivity contribution is 6.30. The Balaban J connectivity index is 1.86. The molecule has 2 aromatic rings. The van der Waals surface area contributed by atoms with Crippen molar-refractivity contribution >= 4 is 34.6 Å². The molecule has 4 rings (SSSR count). The van der Waals surface area contributed by atoms with E-state index >= 15 is 0 Å². The van der Waals surface area contributed by atoms with Crippen LogP contribution in [0.15, 0.2) is 60.1 Å². The summed E-state index contributed by atoms with van der Waals surface area (Å²) in [6.45, 7) is 0. The number of rotatable bonds is 1. The summed E-state index contributed by atoms with van der Waals surface area (Å²) in [7, 11) is 0. The van der Waals surface area contributed by atoms with Crippen molar-refractivity contribution in [3.05, 3.63) is 65.1 Å². The molecule has 0 aromatic heterocycles. The van der Waals surface area contributed by atoms with Crippen LogP contribution in [0.5, 0.6) is 0 Å². The third-order valence-electron chi connectivity index (χ3n) is 3.63. The van der Waals surface area contributed by atoms with E-state index in [0.29, 0.717) is 27.4 Å². The summed E-state index contributed by atoms with van der Waals surface area (Å²) in [6.07, 6.45) is 0. The van der Waals surface area contributed by atoms with Crippen LogP contribution in [0.4, 0.5) is 17.1 Å². The summed E-state index contributed by atoms with van der Waals surface area (Å²) in [6, 6.07) is 13.2. The zero-order valence-corrected chi connectivity index (χ0v) is 12.4.